The van der Waals surface area contributed by atoms with E-state index in [2.05, 4.69) is 24.5 Å². The van der Waals surface area contributed by atoms with Gasteiger partial charge in [-0.3, -0.25) is 9.59 Å². The van der Waals surface area contributed by atoms with Gasteiger partial charge in [0, 0.05) is 26.1 Å². The molecule has 92 valence electrons. The molecule has 0 aromatic rings. The van der Waals surface area contributed by atoms with Crippen LogP contribution in [0.2, 0.25) is 0 Å². The lowest BCUT2D eigenvalue weighted by molar-refractivity contribution is -0.126. The Labute approximate surface area is 95.9 Å². The van der Waals surface area contributed by atoms with Crippen molar-refractivity contribution in [2.24, 2.45) is 11.8 Å². The summed E-state index contributed by atoms with van der Waals surface area (Å²) in [7, 11) is 0. The maximum absolute atomic E-state index is 11.5. The highest BCUT2D eigenvalue weighted by Gasteiger charge is 2.27. The molecule has 0 aromatic carbocycles. The molecular formula is C11H20N2O3. The Morgan fingerprint density at radius 3 is 2.94 bits per heavy atom. The van der Waals surface area contributed by atoms with Gasteiger partial charge in [-0.25, -0.2) is 0 Å². The molecule has 5 heteroatoms. The van der Waals surface area contributed by atoms with E-state index in [-0.39, 0.29) is 17.7 Å². The third kappa shape index (κ3) is 4.61. The number of carbonyl (C=O) groups is 2. The smallest absolute Gasteiger partial charge is 0.225 e. The van der Waals surface area contributed by atoms with Crippen LogP contribution in [0.15, 0.2) is 0 Å². The Hall–Kier alpha value is -1.10. The van der Waals surface area contributed by atoms with Crippen molar-refractivity contribution in [3.05, 3.63) is 0 Å². The number of hydrogen-bond donors (Lipinski definition) is 2. The van der Waals surface area contributed by atoms with Crippen LogP contribution in [0.4, 0.5) is 0 Å². The fourth-order valence-corrected chi connectivity index (χ4v) is 1.50. The number of hydrogen-bond acceptors (Lipinski definition) is 3. The van der Waals surface area contributed by atoms with Crippen LogP contribution >= 0.6 is 0 Å². The Morgan fingerprint density at radius 1 is 1.62 bits per heavy atom. The van der Waals surface area contributed by atoms with Crippen LogP contribution in [0, 0.1) is 11.8 Å². The molecule has 1 unspecified atom stereocenters. The minimum Gasteiger partial charge on any atom is -0.379 e. The first-order chi connectivity index (χ1) is 7.59. The summed E-state index contributed by atoms with van der Waals surface area (Å²) in [6.07, 6.45) is 0.304. The predicted molar refractivity (Wildman–Crippen MR) is 59.8 cm³/mol. The molecule has 2 N–H and O–H groups in total. The molecule has 0 radical (unpaired) electrons. The molecule has 1 aliphatic rings. The quantitative estimate of drug-likeness (QED) is 0.624. The second-order valence-corrected chi connectivity index (χ2v) is 4.46. The van der Waals surface area contributed by atoms with Gasteiger partial charge < -0.3 is 15.4 Å². The van der Waals surface area contributed by atoms with Crippen LogP contribution in [-0.2, 0) is 14.3 Å². The number of ether oxygens (including phenoxy) is 1. The topological polar surface area (TPSA) is 67.4 Å². The van der Waals surface area contributed by atoms with Crippen LogP contribution < -0.4 is 10.6 Å². The first kappa shape index (κ1) is 13.0. The van der Waals surface area contributed by atoms with Crippen LogP contribution in [0.3, 0.4) is 0 Å². The highest BCUT2D eigenvalue weighted by atomic mass is 16.5. The fourth-order valence-electron chi connectivity index (χ4n) is 1.50. The van der Waals surface area contributed by atoms with Crippen LogP contribution in [0.25, 0.3) is 0 Å². The van der Waals surface area contributed by atoms with Crippen LogP contribution in [-0.4, -0.2) is 38.1 Å². The molecule has 1 heterocycles. The molecule has 5 nitrogen and oxygen atoms in total. The lowest BCUT2D eigenvalue weighted by Gasteiger charge is -2.10. The molecule has 0 aromatic heterocycles. The Balaban J connectivity index is 2.04. The standard InChI is InChI=1S/C11H20N2O3/c1-8(2)7-16-4-3-12-11(15)9-5-10(14)13-6-9/h8-9H,3-7H2,1-2H3,(H,12,15)(H,13,14). The minimum atomic E-state index is -0.211. The second-order valence-electron chi connectivity index (χ2n) is 4.46. The first-order valence-corrected chi connectivity index (χ1v) is 5.71. The van der Waals surface area contributed by atoms with Crippen molar-refractivity contribution in [2.75, 3.05) is 26.3 Å². The van der Waals surface area contributed by atoms with E-state index >= 15 is 0 Å². The molecule has 2 amide bonds. The van der Waals surface area contributed by atoms with Crippen molar-refractivity contribution in [1.29, 1.82) is 0 Å². The van der Waals surface area contributed by atoms with Crippen molar-refractivity contribution in [3.63, 3.8) is 0 Å². The molecular weight excluding hydrogens is 208 g/mol. The van der Waals surface area contributed by atoms with E-state index < -0.39 is 0 Å². The number of carbonyl (C=O) groups excluding carboxylic acids is 2. The molecule has 0 spiro atoms. The Morgan fingerprint density at radius 2 is 2.38 bits per heavy atom. The van der Waals surface area contributed by atoms with E-state index in [9.17, 15) is 9.59 Å². The second kappa shape index (κ2) is 6.48. The van der Waals surface area contributed by atoms with Gasteiger partial charge in [-0.1, -0.05) is 13.8 Å². The summed E-state index contributed by atoms with van der Waals surface area (Å²) in [4.78, 5) is 22.4. The molecule has 16 heavy (non-hydrogen) atoms. The van der Waals surface area contributed by atoms with Gasteiger partial charge in [0.2, 0.25) is 11.8 Å². The zero-order valence-corrected chi connectivity index (χ0v) is 9.91. The molecule has 1 fully saturated rings. The average molecular weight is 228 g/mol. The summed E-state index contributed by atoms with van der Waals surface area (Å²) in [5.41, 5.74) is 0. The lowest BCUT2D eigenvalue weighted by Crippen LogP contribution is -2.34. The van der Waals surface area contributed by atoms with Crippen molar-refractivity contribution < 1.29 is 14.3 Å². The highest BCUT2D eigenvalue weighted by molar-refractivity contribution is 5.89. The molecule has 1 saturated heterocycles. The minimum absolute atomic E-state index is 0.0452. The van der Waals surface area contributed by atoms with Crippen LogP contribution in [0.5, 0.6) is 0 Å². The average Bonchev–Trinajstić information content (AvgIpc) is 2.63. The normalized spacial score (nSPS) is 19.9. The number of rotatable bonds is 6. The molecule has 1 aliphatic heterocycles. The highest BCUT2D eigenvalue weighted by Crippen LogP contribution is 2.08. The fraction of sp³-hybridized carbons (Fsp3) is 0.818. The van der Waals surface area contributed by atoms with Crippen molar-refractivity contribution >= 4 is 11.8 Å². The summed E-state index contributed by atoms with van der Waals surface area (Å²) < 4.78 is 5.33. The zero-order valence-electron chi connectivity index (χ0n) is 9.91. The van der Waals surface area contributed by atoms with Crippen molar-refractivity contribution in [1.82, 2.24) is 10.6 Å². The molecule has 1 atom stereocenters. The van der Waals surface area contributed by atoms with E-state index in [1.165, 1.54) is 0 Å². The Bertz CT molecular complexity index is 254. The first-order valence-electron chi connectivity index (χ1n) is 5.71. The van der Waals surface area contributed by atoms with E-state index in [4.69, 9.17) is 4.74 Å². The monoisotopic (exact) mass is 228 g/mol. The molecule has 0 bridgehead atoms. The van der Waals surface area contributed by atoms with Crippen molar-refractivity contribution in [2.45, 2.75) is 20.3 Å². The van der Waals surface area contributed by atoms with E-state index in [1.54, 1.807) is 0 Å². The summed E-state index contributed by atoms with van der Waals surface area (Å²) in [6.45, 7) is 6.36. The SMILES string of the molecule is CC(C)COCCNC(=O)C1CNC(=O)C1. The van der Waals surface area contributed by atoms with Crippen molar-refractivity contribution in [3.8, 4) is 0 Å². The van der Waals surface area contributed by atoms with E-state index in [0.29, 0.717) is 38.6 Å². The summed E-state index contributed by atoms with van der Waals surface area (Å²) in [5.74, 6) is 0.188. The maximum atomic E-state index is 11.5. The van der Waals surface area contributed by atoms with Gasteiger partial charge in [0.15, 0.2) is 0 Å². The molecule has 0 aliphatic carbocycles. The number of amides is 2. The number of nitrogens with one attached hydrogen (secondary N) is 2. The van der Waals surface area contributed by atoms with Crippen LogP contribution in [0.1, 0.15) is 20.3 Å². The van der Waals surface area contributed by atoms with Gasteiger partial charge in [-0.05, 0) is 5.92 Å². The van der Waals surface area contributed by atoms with Gasteiger partial charge in [0.25, 0.3) is 0 Å². The van der Waals surface area contributed by atoms with Gasteiger partial charge in [0.05, 0.1) is 12.5 Å². The third-order valence-electron chi connectivity index (χ3n) is 2.35. The van der Waals surface area contributed by atoms with Gasteiger partial charge in [-0.15, -0.1) is 0 Å². The summed E-state index contributed by atoms with van der Waals surface area (Å²) >= 11 is 0. The maximum Gasteiger partial charge on any atom is 0.225 e. The van der Waals surface area contributed by atoms with Gasteiger partial charge in [0.1, 0.15) is 0 Å². The summed E-state index contributed by atoms with van der Waals surface area (Å²) in [5, 5.41) is 5.40. The zero-order chi connectivity index (χ0) is 12.0. The largest absolute Gasteiger partial charge is 0.379 e. The third-order valence-corrected chi connectivity index (χ3v) is 2.35. The van der Waals surface area contributed by atoms with Gasteiger partial charge in [-0.2, -0.15) is 0 Å². The van der Waals surface area contributed by atoms with E-state index in [0.717, 1.165) is 0 Å². The predicted octanol–water partition coefficient (Wildman–Crippen LogP) is -0.0887. The molecule has 1 rings (SSSR count). The summed E-state index contributed by atoms with van der Waals surface area (Å²) in [6, 6.07) is 0. The lowest BCUT2D eigenvalue weighted by atomic mass is 10.1. The van der Waals surface area contributed by atoms with Gasteiger partial charge >= 0.3 is 0 Å². The Kier molecular flexibility index (Phi) is 5.25. The van der Waals surface area contributed by atoms with E-state index in [1.807, 2.05) is 0 Å². The molecule has 0 saturated carbocycles.